The number of thiophene rings is 2. The van der Waals surface area contributed by atoms with Crippen LogP contribution in [0.5, 0.6) is 0 Å². The highest BCUT2D eigenvalue weighted by Crippen LogP contribution is 2.38. The lowest BCUT2D eigenvalue weighted by atomic mass is 10.1. The molecule has 2 aromatic heterocycles. The van der Waals surface area contributed by atoms with E-state index in [1.165, 1.54) is 4.90 Å². The number of rotatable bonds is 17. The monoisotopic (exact) mass is 690 g/mol. The van der Waals surface area contributed by atoms with Crippen LogP contribution in [-0.4, -0.2) is 81.9 Å². The molecule has 0 spiro atoms. The first kappa shape index (κ1) is 38.2. The van der Waals surface area contributed by atoms with Crippen LogP contribution in [0.4, 0.5) is 10.0 Å². The normalized spacial score (nSPS) is 10.2. The van der Waals surface area contributed by atoms with Gasteiger partial charge in [-0.3, -0.25) is 19.2 Å². The number of esters is 5. The van der Waals surface area contributed by atoms with E-state index in [9.17, 15) is 39.3 Å². The van der Waals surface area contributed by atoms with Gasteiger partial charge in [-0.25, -0.2) is 9.59 Å². The molecule has 0 aromatic carbocycles. The molecule has 1 N–H and O–H groups in total. The summed E-state index contributed by atoms with van der Waals surface area (Å²) >= 11 is 1.46. The fraction of sp³-hybridized carbons (Fsp3) is 0.467. The molecule has 17 heteroatoms. The second kappa shape index (κ2) is 18.8. The molecule has 0 aliphatic carbocycles. The molecule has 0 atom stereocenters. The molecule has 2 rings (SSSR count). The fourth-order valence-corrected chi connectivity index (χ4v) is 6.38. The highest BCUT2D eigenvalue weighted by atomic mass is 32.1. The summed E-state index contributed by atoms with van der Waals surface area (Å²) in [6.45, 7) is 6.89. The maximum Gasteiger partial charge on any atom is 0.348 e. The van der Waals surface area contributed by atoms with Crippen LogP contribution in [0.3, 0.4) is 0 Å². The molecule has 0 unspecified atom stereocenters. The topological polar surface area (TPSA) is 211 Å². The Balaban J connectivity index is 2.61. The first-order valence-electron chi connectivity index (χ1n) is 14.5. The van der Waals surface area contributed by atoms with Crippen molar-refractivity contribution in [3.63, 3.8) is 0 Å². The average molecular weight is 691 g/mol. The Morgan fingerprint density at radius 2 is 1.09 bits per heavy atom. The van der Waals surface area contributed by atoms with Crippen LogP contribution in [0.25, 0.3) is 0 Å². The molecule has 0 aliphatic heterocycles. The van der Waals surface area contributed by atoms with E-state index in [1.54, 1.807) is 34.6 Å². The van der Waals surface area contributed by atoms with Gasteiger partial charge in [0, 0.05) is 11.1 Å². The lowest BCUT2D eigenvalue weighted by Crippen LogP contribution is -2.37. The van der Waals surface area contributed by atoms with E-state index in [0.29, 0.717) is 0 Å². The first-order chi connectivity index (χ1) is 22.5. The Morgan fingerprint density at radius 1 is 0.638 bits per heavy atom. The highest BCUT2D eigenvalue weighted by Gasteiger charge is 2.32. The molecule has 2 heterocycles. The average Bonchev–Trinajstić information content (AvgIpc) is 3.54. The number of carbonyl (C=O) groups is 6. The van der Waals surface area contributed by atoms with Gasteiger partial charge in [-0.2, -0.15) is 10.5 Å². The van der Waals surface area contributed by atoms with Gasteiger partial charge < -0.3 is 33.9 Å². The Labute approximate surface area is 278 Å². The lowest BCUT2D eigenvalue weighted by molar-refractivity contribution is -0.143. The highest BCUT2D eigenvalue weighted by molar-refractivity contribution is 7.19. The van der Waals surface area contributed by atoms with Crippen LogP contribution < -0.4 is 10.2 Å². The molecule has 1 amide bonds. The molecule has 252 valence electrons. The number of nitrogens with one attached hydrogen (secondary N) is 1. The summed E-state index contributed by atoms with van der Waals surface area (Å²) < 4.78 is 25.2. The Hall–Kier alpha value is -5.00. The second-order valence-corrected chi connectivity index (χ2v) is 11.1. The Morgan fingerprint density at radius 3 is 1.55 bits per heavy atom. The minimum absolute atomic E-state index is 0.0000430. The summed E-state index contributed by atoms with van der Waals surface area (Å²) in [6, 6.07) is 3.86. The summed E-state index contributed by atoms with van der Waals surface area (Å²) in [4.78, 5) is 77.3. The van der Waals surface area contributed by atoms with Crippen LogP contribution >= 0.6 is 22.7 Å². The minimum Gasteiger partial charge on any atom is -0.466 e. The van der Waals surface area contributed by atoms with Crippen LogP contribution in [0.15, 0.2) is 0 Å². The van der Waals surface area contributed by atoms with Crippen molar-refractivity contribution in [2.75, 3.05) is 56.3 Å². The molecule has 0 bridgehead atoms. The van der Waals surface area contributed by atoms with Gasteiger partial charge in [0.1, 0.15) is 38.4 Å². The molecule has 15 nitrogen and oxygen atoms in total. The van der Waals surface area contributed by atoms with Gasteiger partial charge >= 0.3 is 29.8 Å². The van der Waals surface area contributed by atoms with Crippen molar-refractivity contribution >= 4 is 68.4 Å². The fourth-order valence-electron chi connectivity index (χ4n) is 4.14. The number of nitriles is 2. The van der Waals surface area contributed by atoms with Crippen molar-refractivity contribution in [1.29, 1.82) is 10.5 Å². The van der Waals surface area contributed by atoms with Crippen molar-refractivity contribution in [3.05, 3.63) is 32.0 Å². The van der Waals surface area contributed by atoms with E-state index in [0.717, 1.165) is 22.7 Å². The molecular formula is C30H34N4O11S2. The number of hydrogen-bond acceptors (Lipinski definition) is 16. The van der Waals surface area contributed by atoms with Crippen molar-refractivity contribution in [2.45, 2.75) is 47.5 Å². The minimum atomic E-state index is -0.821. The summed E-state index contributed by atoms with van der Waals surface area (Å²) in [7, 11) is 0. The summed E-state index contributed by atoms with van der Waals surface area (Å²) in [5.74, 6) is -4.62. The number of carbonyl (C=O) groups excluding carboxylic acids is 6. The summed E-state index contributed by atoms with van der Waals surface area (Å²) in [6.07, 6.45) is -0.895. The third-order valence-corrected chi connectivity index (χ3v) is 8.29. The van der Waals surface area contributed by atoms with E-state index in [-0.39, 0.29) is 75.0 Å². The van der Waals surface area contributed by atoms with Crippen molar-refractivity contribution in [3.8, 4) is 12.1 Å². The van der Waals surface area contributed by atoms with Crippen LogP contribution in [0, 0.1) is 22.7 Å². The maximum atomic E-state index is 13.5. The van der Waals surface area contributed by atoms with E-state index in [4.69, 9.17) is 23.7 Å². The van der Waals surface area contributed by atoms with Crippen molar-refractivity contribution < 1.29 is 52.5 Å². The zero-order valence-corrected chi connectivity index (χ0v) is 28.1. The predicted molar refractivity (Wildman–Crippen MR) is 168 cm³/mol. The molecule has 47 heavy (non-hydrogen) atoms. The number of ether oxygens (including phenoxy) is 5. The summed E-state index contributed by atoms with van der Waals surface area (Å²) in [5, 5.41) is 22.5. The van der Waals surface area contributed by atoms with E-state index < -0.39 is 61.7 Å². The number of nitrogens with zero attached hydrogens (tertiary/aromatic N) is 3. The standard InChI is InChI=1S/C30H34N4O11S2/c1-6-41-22(36)11-17-19(13-31)27(46-25(17)29(39)44-9-4)33-21(35)15-34(16-24(38)43-8-3)28-20(14-32)18(12-23(37)42-7-2)26(47-28)30(40)45-10-5/h6-12,15-16H2,1-5H3,(H,33,35). The largest absolute Gasteiger partial charge is 0.466 e. The molecule has 0 aliphatic rings. The van der Waals surface area contributed by atoms with Gasteiger partial charge in [-0.15, -0.1) is 22.7 Å². The third kappa shape index (κ3) is 10.2. The van der Waals surface area contributed by atoms with Crippen molar-refractivity contribution in [1.82, 2.24) is 0 Å². The SMILES string of the molecule is CCOC(=O)Cc1c(C(=O)OCC)sc(NC(=O)CN(CC(=O)OCC)c2sc(C(=O)OCC)c(CC(=O)OCC)c2C#N)c1C#N. The van der Waals surface area contributed by atoms with Gasteiger partial charge in [0.2, 0.25) is 5.91 Å². The number of hydrogen-bond donors (Lipinski definition) is 1. The molecule has 0 radical (unpaired) electrons. The molecule has 0 fully saturated rings. The first-order valence-corrected chi connectivity index (χ1v) is 16.1. The molecule has 2 aromatic rings. The quantitative estimate of drug-likeness (QED) is 0.187. The van der Waals surface area contributed by atoms with Crippen LogP contribution in [0.1, 0.15) is 76.2 Å². The van der Waals surface area contributed by atoms with Gasteiger partial charge in [0.25, 0.3) is 0 Å². The van der Waals surface area contributed by atoms with Crippen LogP contribution in [0.2, 0.25) is 0 Å². The molecule has 0 saturated heterocycles. The van der Waals surface area contributed by atoms with Gasteiger partial charge in [-0.05, 0) is 34.6 Å². The molecular weight excluding hydrogens is 656 g/mol. The van der Waals surface area contributed by atoms with E-state index in [2.05, 4.69) is 5.32 Å². The predicted octanol–water partition coefficient (Wildman–Crippen LogP) is 3.13. The van der Waals surface area contributed by atoms with Gasteiger partial charge in [-0.1, -0.05) is 0 Å². The summed E-state index contributed by atoms with van der Waals surface area (Å²) in [5.41, 5.74) is -0.294. The Bertz CT molecular complexity index is 1580. The number of anilines is 2. The zero-order valence-electron chi connectivity index (χ0n) is 26.5. The second-order valence-electron chi connectivity index (χ2n) is 9.04. The third-order valence-electron chi connectivity index (χ3n) is 5.89. The van der Waals surface area contributed by atoms with Crippen LogP contribution in [-0.2, 0) is 55.7 Å². The van der Waals surface area contributed by atoms with Crippen molar-refractivity contribution in [2.24, 2.45) is 0 Å². The smallest absolute Gasteiger partial charge is 0.348 e. The number of amides is 1. The van der Waals surface area contributed by atoms with E-state index in [1.807, 2.05) is 12.1 Å². The van der Waals surface area contributed by atoms with E-state index >= 15 is 0 Å². The van der Waals surface area contributed by atoms with Gasteiger partial charge in [0.05, 0.1) is 63.5 Å². The van der Waals surface area contributed by atoms with Gasteiger partial charge in [0.15, 0.2) is 0 Å². The molecule has 0 saturated carbocycles. The zero-order chi connectivity index (χ0) is 35.1. The lowest BCUT2D eigenvalue weighted by Gasteiger charge is -2.22. The maximum absolute atomic E-state index is 13.5. The Kier molecular flexibility index (Phi) is 15.3.